The number of carbonyl (C=O) groups is 4. The lowest BCUT2D eigenvalue weighted by Crippen LogP contribution is -2.53. The lowest BCUT2D eigenvalue weighted by atomic mass is 10.1. The van der Waals surface area contributed by atoms with Gasteiger partial charge in [0.05, 0.1) is 6.61 Å². The van der Waals surface area contributed by atoms with Gasteiger partial charge in [-0.3, -0.25) is 9.59 Å². The van der Waals surface area contributed by atoms with Gasteiger partial charge < -0.3 is 37.1 Å². The Morgan fingerprint density at radius 3 is 1.71 bits per heavy atom. The van der Waals surface area contributed by atoms with Gasteiger partial charge in [-0.05, 0) is 11.1 Å². The molecule has 0 aliphatic carbocycles. The van der Waals surface area contributed by atoms with Crippen LogP contribution in [0, 0.1) is 0 Å². The first kappa shape index (κ1) is 27.4. The zero-order valence-corrected chi connectivity index (χ0v) is 19.0. The molecule has 0 fully saturated rings. The number of ether oxygens (including phenoxy) is 1. The first-order valence-corrected chi connectivity index (χ1v) is 10.9. The highest BCUT2D eigenvalue weighted by atomic mass is 16.5. The fraction of sp³-hybridized carbons (Fsp3) is 0.333. The third kappa shape index (κ3) is 9.16. The third-order valence-electron chi connectivity index (χ3n) is 5.06. The molecular formula is C24H30N4O7. The smallest absolute Gasteiger partial charge is 0.329 e. The molecule has 0 aliphatic rings. The van der Waals surface area contributed by atoms with Crippen molar-refractivity contribution < 1.29 is 34.1 Å². The standard InChI is InChI=1S/C24H30N4O7/c25-17(13-29)21(30)28-20(12-16-9-5-2-6-10-16)24(34)35-14-18(26)22(31)27-19(23(32)33)11-15-7-3-1-4-8-15/h1-10,17-20,29H,11-14,25-26H2,(H,27,31)(H,28,30)(H,32,33)/t17-,18-,19-,20-/m0/s1. The van der Waals surface area contributed by atoms with Crippen LogP contribution in [0.5, 0.6) is 0 Å². The number of carboxylic acid groups (broad SMARTS) is 1. The number of hydrogen-bond donors (Lipinski definition) is 6. The summed E-state index contributed by atoms with van der Waals surface area (Å²) in [5.41, 5.74) is 12.8. The molecule has 8 N–H and O–H groups in total. The highest BCUT2D eigenvalue weighted by molar-refractivity contribution is 5.89. The number of aliphatic hydroxyl groups is 1. The lowest BCUT2D eigenvalue weighted by molar-refractivity contribution is -0.150. The van der Waals surface area contributed by atoms with Gasteiger partial charge in [0.1, 0.15) is 30.8 Å². The van der Waals surface area contributed by atoms with Crippen LogP contribution in [0.1, 0.15) is 11.1 Å². The maximum Gasteiger partial charge on any atom is 0.329 e. The number of amides is 2. The molecule has 0 spiro atoms. The zero-order chi connectivity index (χ0) is 25.8. The highest BCUT2D eigenvalue weighted by Crippen LogP contribution is 2.07. The van der Waals surface area contributed by atoms with E-state index in [4.69, 9.17) is 21.3 Å². The van der Waals surface area contributed by atoms with Crippen molar-refractivity contribution in [3.8, 4) is 0 Å². The molecule has 0 aliphatic heterocycles. The van der Waals surface area contributed by atoms with E-state index >= 15 is 0 Å². The molecular weight excluding hydrogens is 456 g/mol. The van der Waals surface area contributed by atoms with Gasteiger partial charge in [0, 0.05) is 12.8 Å². The monoisotopic (exact) mass is 486 g/mol. The van der Waals surface area contributed by atoms with Gasteiger partial charge in [0.25, 0.3) is 0 Å². The molecule has 0 unspecified atom stereocenters. The fourth-order valence-corrected chi connectivity index (χ4v) is 3.08. The van der Waals surface area contributed by atoms with Crippen LogP contribution in [0.4, 0.5) is 0 Å². The molecule has 0 aromatic heterocycles. The van der Waals surface area contributed by atoms with Crippen molar-refractivity contribution in [2.45, 2.75) is 37.0 Å². The summed E-state index contributed by atoms with van der Waals surface area (Å²) in [6.07, 6.45) is 0.119. The van der Waals surface area contributed by atoms with Crippen molar-refractivity contribution in [1.82, 2.24) is 10.6 Å². The fourth-order valence-electron chi connectivity index (χ4n) is 3.08. The Hall–Kier alpha value is -3.80. The van der Waals surface area contributed by atoms with Gasteiger partial charge in [-0.2, -0.15) is 0 Å². The average Bonchev–Trinajstić information content (AvgIpc) is 2.86. The summed E-state index contributed by atoms with van der Waals surface area (Å²) in [7, 11) is 0. The summed E-state index contributed by atoms with van der Waals surface area (Å²) in [5.74, 6) is -3.67. The van der Waals surface area contributed by atoms with E-state index in [0.717, 1.165) is 5.56 Å². The molecule has 11 nitrogen and oxygen atoms in total. The predicted octanol–water partition coefficient (Wildman–Crippen LogP) is -1.28. The average molecular weight is 487 g/mol. The molecule has 188 valence electrons. The number of carboxylic acids is 1. The number of carbonyl (C=O) groups excluding carboxylic acids is 3. The Morgan fingerprint density at radius 1 is 0.771 bits per heavy atom. The van der Waals surface area contributed by atoms with Gasteiger partial charge in [0.15, 0.2) is 0 Å². The number of hydrogen-bond acceptors (Lipinski definition) is 8. The summed E-state index contributed by atoms with van der Waals surface area (Å²) >= 11 is 0. The number of aliphatic hydroxyl groups excluding tert-OH is 1. The second-order valence-corrected chi connectivity index (χ2v) is 7.87. The molecule has 0 bridgehead atoms. The van der Waals surface area contributed by atoms with E-state index in [2.05, 4.69) is 10.6 Å². The Balaban J connectivity index is 1.97. The maximum absolute atomic E-state index is 12.7. The van der Waals surface area contributed by atoms with Crippen LogP contribution in [-0.4, -0.2) is 71.3 Å². The maximum atomic E-state index is 12.7. The van der Waals surface area contributed by atoms with Crippen LogP contribution < -0.4 is 22.1 Å². The molecule has 2 aromatic rings. The Morgan fingerprint density at radius 2 is 1.23 bits per heavy atom. The molecule has 2 rings (SSSR count). The third-order valence-corrected chi connectivity index (χ3v) is 5.06. The number of nitrogens with one attached hydrogen (secondary N) is 2. The molecule has 0 saturated heterocycles. The molecule has 35 heavy (non-hydrogen) atoms. The van der Waals surface area contributed by atoms with Crippen molar-refractivity contribution >= 4 is 23.8 Å². The van der Waals surface area contributed by atoms with Crippen LogP contribution >= 0.6 is 0 Å². The second-order valence-electron chi connectivity index (χ2n) is 7.87. The van der Waals surface area contributed by atoms with Crippen molar-refractivity contribution in [2.75, 3.05) is 13.2 Å². The van der Waals surface area contributed by atoms with E-state index in [1.54, 1.807) is 60.7 Å². The van der Waals surface area contributed by atoms with Crippen molar-refractivity contribution in [2.24, 2.45) is 11.5 Å². The number of aliphatic carboxylic acids is 1. The first-order chi connectivity index (χ1) is 16.7. The Labute approximate surface area is 202 Å². The number of nitrogens with two attached hydrogens (primary N) is 2. The molecule has 2 amide bonds. The minimum atomic E-state index is -1.34. The van der Waals surface area contributed by atoms with Crippen LogP contribution in [0.2, 0.25) is 0 Å². The number of esters is 1. The number of benzene rings is 2. The van der Waals surface area contributed by atoms with Gasteiger partial charge in [0.2, 0.25) is 11.8 Å². The zero-order valence-electron chi connectivity index (χ0n) is 19.0. The van der Waals surface area contributed by atoms with E-state index in [1.165, 1.54) is 0 Å². The van der Waals surface area contributed by atoms with E-state index in [9.17, 15) is 24.3 Å². The summed E-state index contributed by atoms with van der Waals surface area (Å²) in [6, 6.07) is 12.6. The molecule has 0 heterocycles. The van der Waals surface area contributed by atoms with E-state index < -0.39 is 61.1 Å². The Kier molecular flexibility index (Phi) is 10.8. The van der Waals surface area contributed by atoms with Crippen LogP contribution in [0.15, 0.2) is 60.7 Å². The molecule has 0 radical (unpaired) electrons. The van der Waals surface area contributed by atoms with Gasteiger partial charge in [-0.25, -0.2) is 9.59 Å². The summed E-state index contributed by atoms with van der Waals surface area (Å²) in [6.45, 7) is -1.16. The first-order valence-electron chi connectivity index (χ1n) is 10.9. The van der Waals surface area contributed by atoms with Crippen LogP contribution in [0.25, 0.3) is 0 Å². The van der Waals surface area contributed by atoms with E-state index in [-0.39, 0.29) is 12.8 Å². The topological polar surface area (TPSA) is 194 Å². The van der Waals surface area contributed by atoms with Crippen molar-refractivity contribution in [3.05, 3.63) is 71.8 Å². The largest absolute Gasteiger partial charge is 0.480 e. The number of rotatable bonds is 13. The predicted molar refractivity (Wildman–Crippen MR) is 126 cm³/mol. The molecule has 11 heteroatoms. The molecule has 2 aromatic carbocycles. The van der Waals surface area contributed by atoms with Crippen LogP contribution in [-0.2, 0) is 36.8 Å². The van der Waals surface area contributed by atoms with E-state index in [1.807, 2.05) is 0 Å². The van der Waals surface area contributed by atoms with Gasteiger partial charge >= 0.3 is 11.9 Å². The summed E-state index contributed by atoms with van der Waals surface area (Å²) < 4.78 is 5.14. The van der Waals surface area contributed by atoms with Crippen LogP contribution in [0.3, 0.4) is 0 Å². The summed E-state index contributed by atoms with van der Waals surface area (Å²) in [5, 5.41) is 23.3. The van der Waals surface area contributed by atoms with Crippen molar-refractivity contribution in [3.63, 3.8) is 0 Å². The SMILES string of the molecule is N[C@@H](COC(=O)[C@H](Cc1ccccc1)NC(=O)[C@@H](N)CO)C(=O)N[C@@H](Cc1ccccc1)C(=O)O. The second kappa shape index (κ2) is 13.8. The lowest BCUT2D eigenvalue weighted by Gasteiger charge is -2.21. The van der Waals surface area contributed by atoms with Gasteiger partial charge in [-0.15, -0.1) is 0 Å². The van der Waals surface area contributed by atoms with E-state index in [0.29, 0.717) is 5.56 Å². The van der Waals surface area contributed by atoms with Crippen molar-refractivity contribution in [1.29, 1.82) is 0 Å². The quantitative estimate of drug-likeness (QED) is 0.187. The normalized spacial score (nSPS) is 14.1. The minimum absolute atomic E-state index is 0.0463. The van der Waals surface area contributed by atoms with Gasteiger partial charge in [-0.1, -0.05) is 60.7 Å². The minimum Gasteiger partial charge on any atom is -0.480 e. The Bertz CT molecular complexity index is 988. The summed E-state index contributed by atoms with van der Waals surface area (Å²) in [4.78, 5) is 48.8. The highest BCUT2D eigenvalue weighted by Gasteiger charge is 2.28. The molecule has 4 atom stereocenters. The molecule has 0 saturated carbocycles.